The third-order valence-corrected chi connectivity index (χ3v) is 2.09. The first-order chi connectivity index (χ1) is 6.66. The summed E-state index contributed by atoms with van der Waals surface area (Å²) in [5.41, 5.74) is 1.46. The maximum absolute atomic E-state index is 11.4. The number of anilines is 1. The van der Waals surface area contributed by atoms with Gasteiger partial charge in [0, 0.05) is 5.71 Å². The molecule has 0 unspecified atom stereocenters. The Hall–Kier alpha value is -1.42. The van der Waals surface area contributed by atoms with Crippen LogP contribution in [0.5, 0.6) is 0 Å². The minimum absolute atomic E-state index is 0.0355. The molecule has 0 radical (unpaired) electrons. The maximum atomic E-state index is 11.4. The van der Waals surface area contributed by atoms with Gasteiger partial charge in [-0.1, -0.05) is 11.6 Å². The predicted octanol–water partition coefficient (Wildman–Crippen LogP) is 1.85. The number of hydrogen-bond acceptors (Lipinski definition) is 3. The van der Waals surface area contributed by atoms with Gasteiger partial charge in [0.05, 0.1) is 18.3 Å². The molecule has 0 spiro atoms. The van der Waals surface area contributed by atoms with E-state index in [-0.39, 0.29) is 5.91 Å². The second-order valence-corrected chi connectivity index (χ2v) is 3.44. The predicted molar refractivity (Wildman–Crippen MR) is 54.5 cm³/mol. The van der Waals surface area contributed by atoms with Crippen molar-refractivity contribution in [3.63, 3.8) is 0 Å². The summed E-state index contributed by atoms with van der Waals surface area (Å²) >= 11 is 5.63. The van der Waals surface area contributed by atoms with Crippen LogP contribution >= 0.6 is 11.6 Å². The average Bonchev–Trinajstić information content (AvgIpc) is 2.47. The Kier molecular flexibility index (Phi) is 2.21. The smallest absolute Gasteiger partial charge is 0.253 e. The van der Waals surface area contributed by atoms with Gasteiger partial charge in [0.25, 0.3) is 5.91 Å². The second-order valence-electron chi connectivity index (χ2n) is 3.06. The number of hydrogen-bond donors (Lipinski definition) is 0. The van der Waals surface area contributed by atoms with Gasteiger partial charge in [0.2, 0.25) is 0 Å². The van der Waals surface area contributed by atoms with E-state index in [0.717, 1.165) is 5.71 Å². The molecule has 0 fully saturated rings. The Morgan fingerprint density at radius 2 is 2.29 bits per heavy atom. The summed E-state index contributed by atoms with van der Waals surface area (Å²) in [7, 11) is 0. The summed E-state index contributed by atoms with van der Waals surface area (Å²) in [6.45, 7) is 1.82. The highest BCUT2D eigenvalue weighted by molar-refractivity contribution is 6.29. The van der Waals surface area contributed by atoms with E-state index in [1.54, 1.807) is 12.1 Å². The van der Waals surface area contributed by atoms with Gasteiger partial charge >= 0.3 is 0 Å². The van der Waals surface area contributed by atoms with E-state index in [1.165, 1.54) is 11.2 Å². The average molecular weight is 210 g/mol. The molecule has 0 saturated heterocycles. The number of amides is 1. The lowest BCUT2D eigenvalue weighted by molar-refractivity contribution is -0.116. The highest BCUT2D eigenvalue weighted by Gasteiger charge is 2.22. The lowest BCUT2D eigenvalue weighted by atomic mass is 10.3. The van der Waals surface area contributed by atoms with Crippen LogP contribution in [0.1, 0.15) is 13.3 Å². The number of pyridine rings is 1. The van der Waals surface area contributed by atoms with Crippen molar-refractivity contribution in [1.29, 1.82) is 0 Å². The minimum atomic E-state index is -0.0355. The van der Waals surface area contributed by atoms with E-state index in [0.29, 0.717) is 17.3 Å². The van der Waals surface area contributed by atoms with E-state index in [4.69, 9.17) is 11.6 Å². The van der Waals surface area contributed by atoms with Gasteiger partial charge in [-0.2, -0.15) is 10.1 Å². The number of halogens is 1. The maximum Gasteiger partial charge on any atom is 0.253 e. The lowest BCUT2D eigenvalue weighted by Crippen LogP contribution is -2.19. The van der Waals surface area contributed by atoms with Gasteiger partial charge in [0.1, 0.15) is 5.15 Å². The molecule has 0 N–H and O–H groups in total. The van der Waals surface area contributed by atoms with Crippen LogP contribution in [0.2, 0.25) is 5.15 Å². The molecular weight excluding hydrogens is 202 g/mol. The van der Waals surface area contributed by atoms with Crippen LogP contribution in [0.4, 0.5) is 5.69 Å². The largest absolute Gasteiger partial charge is 0.272 e. The molecule has 14 heavy (non-hydrogen) atoms. The summed E-state index contributed by atoms with van der Waals surface area (Å²) in [6, 6.07) is 3.35. The van der Waals surface area contributed by atoms with Gasteiger partial charge in [-0.15, -0.1) is 0 Å². The minimum Gasteiger partial charge on any atom is -0.272 e. The molecule has 5 heteroatoms. The van der Waals surface area contributed by atoms with E-state index in [2.05, 4.69) is 10.1 Å². The fraction of sp³-hybridized carbons (Fsp3) is 0.222. The quantitative estimate of drug-likeness (QED) is 0.663. The molecule has 0 bridgehead atoms. The van der Waals surface area contributed by atoms with Crippen molar-refractivity contribution in [1.82, 2.24) is 4.98 Å². The summed E-state index contributed by atoms with van der Waals surface area (Å²) < 4.78 is 0. The van der Waals surface area contributed by atoms with Crippen LogP contribution in [0.3, 0.4) is 0 Å². The fourth-order valence-electron chi connectivity index (χ4n) is 1.25. The highest BCUT2D eigenvalue weighted by atomic mass is 35.5. The van der Waals surface area contributed by atoms with Gasteiger partial charge in [0.15, 0.2) is 0 Å². The van der Waals surface area contributed by atoms with Crippen molar-refractivity contribution in [2.24, 2.45) is 5.10 Å². The van der Waals surface area contributed by atoms with Crippen LogP contribution in [0.15, 0.2) is 23.4 Å². The normalized spacial score (nSPS) is 16.0. The van der Waals surface area contributed by atoms with Crippen LogP contribution in [0, 0.1) is 0 Å². The Balaban J connectivity index is 2.32. The molecule has 4 nitrogen and oxygen atoms in total. The first kappa shape index (κ1) is 9.15. The van der Waals surface area contributed by atoms with E-state index in [9.17, 15) is 4.79 Å². The molecule has 2 rings (SSSR count). The lowest BCUT2D eigenvalue weighted by Gasteiger charge is -2.10. The highest BCUT2D eigenvalue weighted by Crippen LogP contribution is 2.20. The molecule has 1 aromatic rings. The van der Waals surface area contributed by atoms with E-state index < -0.39 is 0 Å². The molecule has 1 aliphatic heterocycles. The first-order valence-corrected chi connectivity index (χ1v) is 4.53. The van der Waals surface area contributed by atoms with Crippen molar-refractivity contribution in [3.8, 4) is 0 Å². The molecule has 2 heterocycles. The summed E-state index contributed by atoms with van der Waals surface area (Å²) in [6.07, 6.45) is 1.91. The Morgan fingerprint density at radius 1 is 1.50 bits per heavy atom. The van der Waals surface area contributed by atoms with E-state index in [1.807, 2.05) is 6.92 Å². The fourth-order valence-corrected chi connectivity index (χ4v) is 1.36. The van der Waals surface area contributed by atoms with Gasteiger partial charge in [-0.3, -0.25) is 4.79 Å². The Bertz CT molecular complexity index is 399. The van der Waals surface area contributed by atoms with Crippen molar-refractivity contribution in [3.05, 3.63) is 23.5 Å². The first-order valence-electron chi connectivity index (χ1n) is 4.15. The van der Waals surface area contributed by atoms with Crippen LogP contribution in [0.25, 0.3) is 0 Å². The molecule has 0 aliphatic carbocycles. The standard InChI is InChI=1S/C9H8ClN3O/c1-6-4-9(14)13(12-6)7-2-3-8(10)11-5-7/h2-3,5H,4H2,1H3. The molecule has 0 atom stereocenters. The zero-order valence-electron chi connectivity index (χ0n) is 7.57. The number of carbonyl (C=O) groups is 1. The second kappa shape index (κ2) is 3.38. The monoisotopic (exact) mass is 209 g/mol. The van der Waals surface area contributed by atoms with Crippen molar-refractivity contribution in [2.45, 2.75) is 13.3 Å². The van der Waals surface area contributed by atoms with Gasteiger partial charge in [-0.25, -0.2) is 4.98 Å². The topological polar surface area (TPSA) is 45.6 Å². The zero-order chi connectivity index (χ0) is 10.1. The third kappa shape index (κ3) is 1.61. The third-order valence-electron chi connectivity index (χ3n) is 1.87. The van der Waals surface area contributed by atoms with Crippen LogP contribution in [-0.4, -0.2) is 16.6 Å². The summed E-state index contributed by atoms with van der Waals surface area (Å²) in [4.78, 5) is 15.3. The molecule has 1 amide bonds. The molecular formula is C9H8ClN3O. The number of hydrazone groups is 1. The van der Waals surface area contributed by atoms with Crippen LogP contribution < -0.4 is 5.01 Å². The molecule has 72 valence electrons. The van der Waals surface area contributed by atoms with Crippen molar-refractivity contribution in [2.75, 3.05) is 5.01 Å². The number of nitrogens with zero attached hydrogens (tertiary/aromatic N) is 3. The van der Waals surface area contributed by atoms with Crippen molar-refractivity contribution >= 4 is 28.9 Å². The number of rotatable bonds is 1. The Labute approximate surface area is 86.2 Å². The molecule has 1 aliphatic rings. The molecule has 0 aromatic carbocycles. The summed E-state index contributed by atoms with van der Waals surface area (Å²) in [5, 5.41) is 5.84. The van der Waals surface area contributed by atoms with Crippen LogP contribution in [-0.2, 0) is 4.79 Å². The van der Waals surface area contributed by atoms with Crippen molar-refractivity contribution < 1.29 is 4.79 Å². The van der Waals surface area contributed by atoms with Gasteiger partial charge < -0.3 is 0 Å². The van der Waals surface area contributed by atoms with Gasteiger partial charge in [-0.05, 0) is 19.1 Å². The summed E-state index contributed by atoms with van der Waals surface area (Å²) in [5.74, 6) is -0.0355. The molecule has 1 aromatic heterocycles. The molecule has 0 saturated carbocycles. The van der Waals surface area contributed by atoms with E-state index >= 15 is 0 Å². The zero-order valence-corrected chi connectivity index (χ0v) is 8.32. The number of carbonyl (C=O) groups excluding carboxylic acids is 1. The number of aromatic nitrogens is 1. The SMILES string of the molecule is CC1=NN(c2ccc(Cl)nc2)C(=O)C1. The Morgan fingerprint density at radius 3 is 2.79 bits per heavy atom.